The highest BCUT2D eigenvalue weighted by molar-refractivity contribution is 6.61. The summed E-state index contributed by atoms with van der Waals surface area (Å²) >= 11 is 4.94. The number of benzene rings is 1. The van der Waals surface area contributed by atoms with Crippen molar-refractivity contribution in [1.29, 1.82) is 0 Å². The maximum atomic E-state index is 10.5. The molecule has 1 aromatic carbocycles. The summed E-state index contributed by atoms with van der Waals surface area (Å²) in [4.78, 5) is 20.8. The predicted molar refractivity (Wildman–Crippen MR) is 45.3 cm³/mol. The van der Waals surface area contributed by atoms with E-state index in [0.29, 0.717) is 0 Å². The number of carbonyl (C=O) groups excluding carboxylic acids is 1. The number of halogens is 1. The molecule has 5 heteroatoms. The maximum Gasteiger partial charge on any atom is 0.409 e. The molecule has 0 saturated heterocycles. The van der Waals surface area contributed by atoms with Crippen LogP contribution in [0.2, 0.25) is 0 Å². The molecule has 0 fully saturated rings. The number of carboxylic acid groups (broad SMARTS) is 1. The number of aromatic carboxylic acids is 1. The van der Waals surface area contributed by atoms with E-state index in [0.717, 1.165) is 0 Å². The van der Waals surface area contributed by atoms with Gasteiger partial charge in [0, 0.05) is 11.6 Å². The summed E-state index contributed by atoms with van der Waals surface area (Å²) in [6.07, 6.45) is 0. The van der Waals surface area contributed by atoms with E-state index in [2.05, 4.69) is 4.74 Å². The van der Waals surface area contributed by atoms with Crippen LogP contribution in [0.5, 0.6) is 5.75 Å². The Hall–Kier alpha value is -1.55. The SMILES string of the molecule is O=C(Cl)Oc1cccc(C(=O)O)c1. The highest BCUT2D eigenvalue weighted by Gasteiger charge is 2.05. The molecule has 0 bridgehead atoms. The van der Waals surface area contributed by atoms with E-state index >= 15 is 0 Å². The quantitative estimate of drug-likeness (QED) is 0.743. The molecular formula is C8H5ClO4. The zero-order valence-electron chi connectivity index (χ0n) is 6.36. The molecule has 0 aliphatic heterocycles. The van der Waals surface area contributed by atoms with Crippen LogP contribution in [0.4, 0.5) is 4.79 Å². The molecule has 0 aliphatic rings. The van der Waals surface area contributed by atoms with Gasteiger partial charge in [-0.05, 0) is 18.2 Å². The summed E-state index contributed by atoms with van der Waals surface area (Å²) < 4.78 is 4.47. The summed E-state index contributed by atoms with van der Waals surface area (Å²) in [7, 11) is 0. The smallest absolute Gasteiger partial charge is 0.409 e. The molecular weight excluding hydrogens is 196 g/mol. The van der Waals surface area contributed by atoms with Gasteiger partial charge in [0.05, 0.1) is 5.56 Å². The number of hydrogen-bond acceptors (Lipinski definition) is 3. The Morgan fingerprint density at radius 3 is 2.62 bits per heavy atom. The molecule has 0 spiro atoms. The van der Waals surface area contributed by atoms with Gasteiger partial charge in [0.15, 0.2) is 0 Å². The number of carboxylic acids is 1. The van der Waals surface area contributed by atoms with E-state index < -0.39 is 11.4 Å². The minimum Gasteiger partial charge on any atom is -0.478 e. The Balaban J connectivity index is 2.91. The summed E-state index contributed by atoms with van der Waals surface area (Å²) in [5, 5.41) is 8.57. The first kappa shape index (κ1) is 9.54. The second-order valence-corrected chi connectivity index (χ2v) is 2.48. The van der Waals surface area contributed by atoms with Crippen LogP contribution in [-0.4, -0.2) is 16.5 Å². The molecule has 0 aliphatic carbocycles. The van der Waals surface area contributed by atoms with Gasteiger partial charge in [-0.1, -0.05) is 6.07 Å². The van der Waals surface area contributed by atoms with Crippen molar-refractivity contribution in [3.05, 3.63) is 29.8 Å². The molecule has 0 unspecified atom stereocenters. The van der Waals surface area contributed by atoms with Crippen LogP contribution in [0, 0.1) is 0 Å². The molecule has 0 radical (unpaired) electrons. The van der Waals surface area contributed by atoms with Crippen molar-refractivity contribution >= 4 is 23.0 Å². The molecule has 0 aromatic heterocycles. The van der Waals surface area contributed by atoms with Gasteiger partial charge < -0.3 is 9.84 Å². The van der Waals surface area contributed by atoms with Gasteiger partial charge in [-0.3, -0.25) is 0 Å². The first-order valence-electron chi connectivity index (χ1n) is 3.30. The lowest BCUT2D eigenvalue weighted by atomic mass is 10.2. The summed E-state index contributed by atoms with van der Waals surface area (Å²) in [5.41, 5.74) is -0.960. The highest BCUT2D eigenvalue weighted by atomic mass is 35.5. The van der Waals surface area contributed by atoms with Gasteiger partial charge in [-0.25, -0.2) is 9.59 Å². The van der Waals surface area contributed by atoms with Crippen LogP contribution in [0.3, 0.4) is 0 Å². The van der Waals surface area contributed by atoms with E-state index in [1.807, 2.05) is 0 Å². The minimum atomic E-state index is -1.09. The lowest BCUT2D eigenvalue weighted by molar-refractivity contribution is 0.0696. The zero-order chi connectivity index (χ0) is 9.84. The fourth-order valence-electron chi connectivity index (χ4n) is 0.785. The summed E-state index contributed by atoms with van der Waals surface area (Å²) in [5.74, 6) is -0.979. The van der Waals surface area contributed by atoms with Gasteiger partial charge in [0.2, 0.25) is 0 Å². The van der Waals surface area contributed by atoms with Gasteiger partial charge in [-0.2, -0.15) is 0 Å². The van der Waals surface area contributed by atoms with Gasteiger partial charge in [0.25, 0.3) is 0 Å². The molecule has 4 nitrogen and oxygen atoms in total. The monoisotopic (exact) mass is 200 g/mol. The van der Waals surface area contributed by atoms with Crippen LogP contribution in [0.1, 0.15) is 10.4 Å². The maximum absolute atomic E-state index is 10.5. The van der Waals surface area contributed by atoms with Crippen molar-refractivity contribution in [2.24, 2.45) is 0 Å². The van der Waals surface area contributed by atoms with E-state index in [1.54, 1.807) is 0 Å². The number of hydrogen-bond donors (Lipinski definition) is 1. The summed E-state index contributed by atoms with van der Waals surface area (Å²) in [6, 6.07) is 5.49. The fourth-order valence-corrected chi connectivity index (χ4v) is 0.874. The molecule has 0 atom stereocenters. The first-order chi connectivity index (χ1) is 6.09. The topological polar surface area (TPSA) is 63.6 Å². The molecule has 0 saturated carbocycles. The standard InChI is InChI=1S/C8H5ClO4/c9-8(12)13-6-3-1-2-5(4-6)7(10)11/h1-4H,(H,10,11). The Labute approximate surface area is 78.7 Å². The van der Waals surface area contributed by atoms with Crippen molar-refractivity contribution in [2.45, 2.75) is 0 Å². The van der Waals surface area contributed by atoms with Crippen LogP contribution in [-0.2, 0) is 0 Å². The third-order valence-electron chi connectivity index (χ3n) is 1.28. The molecule has 1 aromatic rings. The van der Waals surface area contributed by atoms with Crippen molar-refractivity contribution in [1.82, 2.24) is 0 Å². The summed E-state index contributed by atoms with van der Waals surface area (Å²) in [6.45, 7) is 0. The molecule has 68 valence electrons. The van der Waals surface area contributed by atoms with Gasteiger partial charge >= 0.3 is 11.4 Å². The Morgan fingerprint density at radius 1 is 1.38 bits per heavy atom. The molecule has 1 N–H and O–H groups in total. The second-order valence-electron chi connectivity index (χ2n) is 2.17. The average Bonchev–Trinajstić information content (AvgIpc) is 2.03. The number of rotatable bonds is 2. The van der Waals surface area contributed by atoms with Crippen molar-refractivity contribution < 1.29 is 19.4 Å². The number of ether oxygens (including phenoxy) is 1. The Bertz CT molecular complexity index is 348. The Kier molecular flexibility index (Phi) is 2.87. The van der Waals surface area contributed by atoms with E-state index in [1.165, 1.54) is 24.3 Å². The minimum absolute atomic E-state index is 0.0374. The van der Waals surface area contributed by atoms with Gasteiger partial charge in [-0.15, -0.1) is 0 Å². The molecule has 0 amide bonds. The van der Waals surface area contributed by atoms with E-state index in [-0.39, 0.29) is 11.3 Å². The zero-order valence-corrected chi connectivity index (χ0v) is 7.12. The van der Waals surface area contributed by atoms with Crippen molar-refractivity contribution in [2.75, 3.05) is 0 Å². The van der Waals surface area contributed by atoms with E-state index in [9.17, 15) is 9.59 Å². The van der Waals surface area contributed by atoms with Crippen LogP contribution in [0.15, 0.2) is 24.3 Å². The molecule has 13 heavy (non-hydrogen) atoms. The van der Waals surface area contributed by atoms with E-state index in [4.69, 9.17) is 16.7 Å². The molecule has 1 rings (SSSR count). The van der Waals surface area contributed by atoms with Crippen LogP contribution < -0.4 is 4.74 Å². The first-order valence-corrected chi connectivity index (χ1v) is 3.68. The lowest BCUT2D eigenvalue weighted by Gasteiger charge is -1.99. The van der Waals surface area contributed by atoms with Gasteiger partial charge in [0.1, 0.15) is 5.75 Å². The highest BCUT2D eigenvalue weighted by Crippen LogP contribution is 2.14. The average molecular weight is 201 g/mol. The van der Waals surface area contributed by atoms with Crippen LogP contribution in [0.25, 0.3) is 0 Å². The number of carbonyl (C=O) groups is 2. The lowest BCUT2D eigenvalue weighted by Crippen LogP contribution is -1.99. The molecule has 0 heterocycles. The van der Waals surface area contributed by atoms with Crippen LogP contribution >= 0.6 is 11.6 Å². The largest absolute Gasteiger partial charge is 0.478 e. The third-order valence-corrected chi connectivity index (χ3v) is 1.36. The third kappa shape index (κ3) is 2.76. The second kappa shape index (κ2) is 3.91. The van der Waals surface area contributed by atoms with Crippen molar-refractivity contribution in [3.63, 3.8) is 0 Å². The normalized spacial score (nSPS) is 9.31. The van der Waals surface area contributed by atoms with Crippen molar-refractivity contribution in [3.8, 4) is 5.75 Å². The Morgan fingerprint density at radius 2 is 2.08 bits per heavy atom. The predicted octanol–water partition coefficient (Wildman–Crippen LogP) is 2.12. The fraction of sp³-hybridized carbons (Fsp3) is 0.